The topological polar surface area (TPSA) is 47.7 Å². The summed E-state index contributed by atoms with van der Waals surface area (Å²) < 4.78 is 10.3. The first-order valence-electron chi connectivity index (χ1n) is 6.96. The van der Waals surface area contributed by atoms with Crippen molar-refractivity contribution < 1.29 is 9.47 Å². The van der Waals surface area contributed by atoms with Gasteiger partial charge in [-0.05, 0) is 31.3 Å². The highest BCUT2D eigenvalue weighted by Gasteiger charge is 2.14. The summed E-state index contributed by atoms with van der Waals surface area (Å²) in [5.74, 6) is 0. The number of methoxy groups -OCH3 is 2. The first-order chi connectivity index (χ1) is 8.55. The van der Waals surface area contributed by atoms with Gasteiger partial charge in [0.1, 0.15) is 0 Å². The Hall–Kier alpha value is -0.160. The molecule has 4 nitrogen and oxygen atoms in total. The van der Waals surface area contributed by atoms with Gasteiger partial charge in [-0.15, -0.1) is 0 Å². The van der Waals surface area contributed by atoms with E-state index in [0.29, 0.717) is 0 Å². The van der Waals surface area contributed by atoms with Gasteiger partial charge < -0.3 is 15.2 Å². The molecule has 0 aliphatic carbocycles. The lowest BCUT2D eigenvalue weighted by Gasteiger charge is -2.24. The Morgan fingerprint density at radius 3 is 1.94 bits per heavy atom. The van der Waals surface area contributed by atoms with E-state index in [-0.39, 0.29) is 5.41 Å². The molecular weight excluding hydrogens is 228 g/mol. The summed E-state index contributed by atoms with van der Waals surface area (Å²) in [4.78, 5) is 2.41. The first kappa shape index (κ1) is 17.8. The van der Waals surface area contributed by atoms with Crippen molar-refractivity contribution in [3.63, 3.8) is 0 Å². The molecule has 0 spiro atoms. The second kappa shape index (κ2) is 10.7. The number of hydrogen-bond acceptors (Lipinski definition) is 4. The normalized spacial score (nSPS) is 12.3. The van der Waals surface area contributed by atoms with E-state index in [1.54, 1.807) is 14.2 Å². The molecule has 0 bridgehead atoms. The molecule has 0 aromatic carbocycles. The number of nitrogens with two attached hydrogens (primary N) is 1. The number of hydrogen-bond donors (Lipinski definition) is 1. The van der Waals surface area contributed by atoms with Crippen molar-refractivity contribution in [3.8, 4) is 0 Å². The highest BCUT2D eigenvalue weighted by Crippen LogP contribution is 2.21. The quantitative estimate of drug-likeness (QED) is 0.543. The van der Waals surface area contributed by atoms with Gasteiger partial charge in [-0.25, -0.2) is 0 Å². The van der Waals surface area contributed by atoms with E-state index in [2.05, 4.69) is 18.7 Å². The van der Waals surface area contributed by atoms with Crippen molar-refractivity contribution in [2.75, 3.05) is 53.6 Å². The van der Waals surface area contributed by atoms with Crippen LogP contribution in [0.4, 0.5) is 0 Å². The molecule has 0 radical (unpaired) electrons. The summed E-state index contributed by atoms with van der Waals surface area (Å²) in [6.45, 7) is 9.91. The maximum absolute atomic E-state index is 5.74. The molecule has 0 amide bonds. The van der Waals surface area contributed by atoms with E-state index < -0.39 is 0 Å². The van der Waals surface area contributed by atoms with Gasteiger partial charge >= 0.3 is 0 Å². The molecular formula is C14H32N2O2. The fraction of sp³-hybridized carbons (Fsp3) is 1.00. The standard InChI is InChI=1S/C14H32N2O2/c1-14(2,13-15)7-5-6-8-16(9-11-17-3)10-12-18-4/h5-13,15H2,1-4H3. The lowest BCUT2D eigenvalue weighted by Crippen LogP contribution is -2.32. The largest absolute Gasteiger partial charge is 0.383 e. The summed E-state index contributed by atoms with van der Waals surface area (Å²) >= 11 is 0. The van der Waals surface area contributed by atoms with Gasteiger partial charge in [0.25, 0.3) is 0 Å². The second-order valence-electron chi connectivity index (χ2n) is 5.65. The van der Waals surface area contributed by atoms with Gasteiger partial charge in [0.15, 0.2) is 0 Å². The Balaban J connectivity index is 3.73. The predicted octanol–water partition coefficient (Wildman–Crippen LogP) is 1.74. The molecule has 0 saturated carbocycles. The molecule has 0 aromatic heterocycles. The van der Waals surface area contributed by atoms with Crippen molar-refractivity contribution in [3.05, 3.63) is 0 Å². The summed E-state index contributed by atoms with van der Waals surface area (Å²) in [7, 11) is 3.50. The fourth-order valence-corrected chi connectivity index (χ4v) is 1.82. The SMILES string of the molecule is COCCN(CCCCC(C)(C)CN)CCOC. The fourth-order valence-electron chi connectivity index (χ4n) is 1.82. The third-order valence-electron chi connectivity index (χ3n) is 3.35. The molecule has 0 atom stereocenters. The van der Waals surface area contributed by atoms with Gasteiger partial charge in [-0.2, -0.15) is 0 Å². The zero-order chi connectivity index (χ0) is 13.9. The van der Waals surface area contributed by atoms with E-state index in [9.17, 15) is 0 Å². The number of ether oxygens (including phenoxy) is 2. The maximum atomic E-state index is 5.74. The molecule has 0 rings (SSSR count). The Bertz CT molecular complexity index is 179. The van der Waals surface area contributed by atoms with E-state index in [4.69, 9.17) is 15.2 Å². The van der Waals surface area contributed by atoms with Crippen LogP contribution >= 0.6 is 0 Å². The zero-order valence-corrected chi connectivity index (χ0v) is 12.7. The van der Waals surface area contributed by atoms with Crippen molar-refractivity contribution in [2.24, 2.45) is 11.1 Å². The Morgan fingerprint density at radius 2 is 1.50 bits per heavy atom. The second-order valence-corrected chi connectivity index (χ2v) is 5.65. The average Bonchev–Trinajstić information content (AvgIpc) is 2.36. The van der Waals surface area contributed by atoms with Crippen LogP contribution in [0.15, 0.2) is 0 Å². The van der Waals surface area contributed by atoms with Crippen molar-refractivity contribution >= 4 is 0 Å². The highest BCUT2D eigenvalue weighted by atomic mass is 16.5. The molecule has 0 aromatic rings. The minimum Gasteiger partial charge on any atom is -0.383 e. The minimum atomic E-state index is 0.282. The van der Waals surface area contributed by atoms with Crippen molar-refractivity contribution in [1.29, 1.82) is 0 Å². The van der Waals surface area contributed by atoms with Crippen molar-refractivity contribution in [1.82, 2.24) is 4.90 Å². The number of unbranched alkanes of at least 4 members (excludes halogenated alkanes) is 1. The first-order valence-corrected chi connectivity index (χ1v) is 6.96. The Morgan fingerprint density at radius 1 is 0.944 bits per heavy atom. The summed E-state index contributed by atoms with van der Waals surface area (Å²) in [5.41, 5.74) is 6.02. The number of rotatable bonds is 12. The van der Waals surface area contributed by atoms with Crippen LogP contribution in [-0.4, -0.2) is 58.5 Å². The minimum absolute atomic E-state index is 0.282. The van der Waals surface area contributed by atoms with Crippen LogP contribution in [0.5, 0.6) is 0 Å². The van der Waals surface area contributed by atoms with E-state index >= 15 is 0 Å². The molecule has 0 fully saturated rings. The van der Waals surface area contributed by atoms with Gasteiger partial charge in [-0.1, -0.05) is 20.3 Å². The van der Waals surface area contributed by atoms with Gasteiger partial charge in [0.05, 0.1) is 13.2 Å². The summed E-state index contributed by atoms with van der Waals surface area (Å²) in [6.07, 6.45) is 3.66. The monoisotopic (exact) mass is 260 g/mol. The lowest BCUT2D eigenvalue weighted by molar-refractivity contribution is 0.112. The molecule has 0 aliphatic rings. The zero-order valence-electron chi connectivity index (χ0n) is 12.7. The highest BCUT2D eigenvalue weighted by molar-refractivity contribution is 4.69. The van der Waals surface area contributed by atoms with Gasteiger partial charge in [-0.3, -0.25) is 4.90 Å². The Labute approximate surface area is 113 Å². The molecule has 0 aliphatic heterocycles. The van der Waals surface area contributed by atoms with Crippen molar-refractivity contribution in [2.45, 2.75) is 33.1 Å². The van der Waals surface area contributed by atoms with Gasteiger partial charge in [0.2, 0.25) is 0 Å². The molecule has 110 valence electrons. The average molecular weight is 260 g/mol. The van der Waals surface area contributed by atoms with Crippen LogP contribution < -0.4 is 5.73 Å². The van der Waals surface area contributed by atoms with Crippen LogP contribution in [0.2, 0.25) is 0 Å². The van der Waals surface area contributed by atoms with Crippen LogP contribution in [0, 0.1) is 5.41 Å². The molecule has 0 unspecified atom stereocenters. The van der Waals surface area contributed by atoms with E-state index in [0.717, 1.165) is 39.4 Å². The molecule has 0 heterocycles. The summed E-state index contributed by atoms with van der Waals surface area (Å²) in [5, 5.41) is 0. The van der Waals surface area contributed by atoms with Crippen LogP contribution in [0.3, 0.4) is 0 Å². The molecule has 0 saturated heterocycles. The van der Waals surface area contributed by atoms with Gasteiger partial charge in [0, 0.05) is 27.3 Å². The maximum Gasteiger partial charge on any atom is 0.0589 e. The lowest BCUT2D eigenvalue weighted by atomic mass is 9.87. The van der Waals surface area contributed by atoms with Crippen LogP contribution in [0.1, 0.15) is 33.1 Å². The van der Waals surface area contributed by atoms with E-state index in [1.165, 1.54) is 19.3 Å². The van der Waals surface area contributed by atoms with Crippen LogP contribution in [-0.2, 0) is 9.47 Å². The summed E-state index contributed by atoms with van der Waals surface area (Å²) in [6, 6.07) is 0. The Kier molecular flexibility index (Phi) is 10.6. The molecule has 4 heteroatoms. The number of nitrogens with zero attached hydrogens (tertiary/aromatic N) is 1. The smallest absolute Gasteiger partial charge is 0.0589 e. The predicted molar refractivity (Wildman–Crippen MR) is 76.9 cm³/mol. The van der Waals surface area contributed by atoms with E-state index in [1.807, 2.05) is 0 Å². The van der Waals surface area contributed by atoms with Crippen LogP contribution in [0.25, 0.3) is 0 Å². The third-order valence-corrected chi connectivity index (χ3v) is 3.35. The molecule has 2 N–H and O–H groups in total. The third kappa shape index (κ3) is 9.83. The molecule has 18 heavy (non-hydrogen) atoms.